The van der Waals surface area contributed by atoms with Crippen molar-refractivity contribution < 1.29 is 14.4 Å². The van der Waals surface area contributed by atoms with Gasteiger partial charge in [0.05, 0.1) is 18.5 Å². The molecule has 1 amide bonds. The molecule has 0 bridgehead atoms. The summed E-state index contributed by atoms with van der Waals surface area (Å²) in [5.74, 6) is -0.720. The second kappa shape index (κ2) is 11.6. The zero-order valence-electron chi connectivity index (χ0n) is 11.0. The van der Waals surface area contributed by atoms with Gasteiger partial charge in [-0.2, -0.15) is 25.3 Å². The molecule has 0 spiro atoms. The number of ketones is 2. The van der Waals surface area contributed by atoms with Crippen molar-refractivity contribution in [3.8, 4) is 0 Å². The SMILES string of the molecule is CC.CC(=O)[C@H](CS)NC(=O)CC(=O)[C@@H](N)CS. The lowest BCUT2D eigenvalue weighted by Gasteiger charge is -2.13. The lowest BCUT2D eigenvalue weighted by Crippen LogP contribution is -2.43. The van der Waals surface area contributed by atoms with E-state index in [-0.39, 0.29) is 23.7 Å². The highest BCUT2D eigenvalue weighted by molar-refractivity contribution is 7.80. The Bertz CT molecular complexity index is 285. The van der Waals surface area contributed by atoms with Gasteiger partial charge in [-0.1, -0.05) is 13.8 Å². The van der Waals surface area contributed by atoms with Crippen LogP contribution in [0.4, 0.5) is 0 Å². The fourth-order valence-corrected chi connectivity index (χ4v) is 1.46. The number of hydrogen-bond donors (Lipinski definition) is 4. The highest BCUT2D eigenvalue weighted by atomic mass is 32.1. The molecule has 0 aromatic rings. The quantitative estimate of drug-likeness (QED) is 0.400. The van der Waals surface area contributed by atoms with Crippen LogP contribution in [0.15, 0.2) is 0 Å². The fraction of sp³-hybridized carbons (Fsp3) is 0.727. The molecule has 0 aromatic heterocycles. The van der Waals surface area contributed by atoms with Crippen molar-refractivity contribution in [2.75, 3.05) is 11.5 Å². The van der Waals surface area contributed by atoms with Gasteiger partial charge in [0, 0.05) is 11.5 Å². The number of nitrogens with one attached hydrogen (secondary N) is 1. The minimum absolute atomic E-state index is 0.189. The van der Waals surface area contributed by atoms with Gasteiger partial charge in [-0.15, -0.1) is 0 Å². The predicted molar refractivity (Wildman–Crippen MR) is 79.3 cm³/mol. The maximum absolute atomic E-state index is 11.3. The van der Waals surface area contributed by atoms with Crippen LogP contribution in [0.5, 0.6) is 0 Å². The summed E-state index contributed by atoms with van der Waals surface area (Å²) in [7, 11) is 0. The van der Waals surface area contributed by atoms with Crippen molar-refractivity contribution in [1.82, 2.24) is 5.32 Å². The Labute approximate surface area is 119 Å². The van der Waals surface area contributed by atoms with Crippen molar-refractivity contribution in [3.63, 3.8) is 0 Å². The molecule has 0 saturated carbocycles. The van der Waals surface area contributed by atoms with Crippen LogP contribution in [-0.2, 0) is 14.4 Å². The first-order chi connectivity index (χ1) is 8.42. The van der Waals surface area contributed by atoms with Crippen molar-refractivity contribution in [1.29, 1.82) is 0 Å². The minimum atomic E-state index is -0.749. The van der Waals surface area contributed by atoms with E-state index in [1.807, 2.05) is 13.8 Å². The Kier molecular flexibility index (Phi) is 12.7. The molecule has 0 aromatic carbocycles. The molecular formula is C11H22N2O3S2. The van der Waals surface area contributed by atoms with Crippen LogP contribution in [-0.4, -0.2) is 41.1 Å². The van der Waals surface area contributed by atoms with E-state index in [2.05, 4.69) is 30.6 Å². The summed E-state index contributed by atoms with van der Waals surface area (Å²) in [6.45, 7) is 5.35. The third-order valence-corrected chi connectivity index (χ3v) is 2.71. The molecule has 0 radical (unpaired) electrons. The van der Waals surface area contributed by atoms with Crippen LogP contribution in [0.25, 0.3) is 0 Å². The lowest BCUT2D eigenvalue weighted by molar-refractivity contribution is -0.131. The number of hydrogen-bond acceptors (Lipinski definition) is 6. The Morgan fingerprint density at radius 1 is 1.17 bits per heavy atom. The summed E-state index contributed by atoms with van der Waals surface area (Å²) in [5.41, 5.74) is 5.40. The highest BCUT2D eigenvalue weighted by Gasteiger charge is 2.19. The van der Waals surface area contributed by atoms with Gasteiger partial charge in [0.2, 0.25) is 5.91 Å². The van der Waals surface area contributed by atoms with E-state index in [1.165, 1.54) is 6.92 Å². The summed E-state index contributed by atoms with van der Waals surface area (Å²) < 4.78 is 0. The highest BCUT2D eigenvalue weighted by Crippen LogP contribution is 1.95. The van der Waals surface area contributed by atoms with E-state index in [4.69, 9.17) is 5.73 Å². The molecular weight excluding hydrogens is 272 g/mol. The standard InChI is InChI=1S/C9H16N2O3S2.C2H6/c1-5(12)7(4-16)11-9(14)2-8(13)6(10)3-15;1-2/h6-7,15-16H,2-4,10H2,1H3,(H,11,14);1-2H3/t6-,7-;/m0./s1. The fourth-order valence-electron chi connectivity index (χ4n) is 0.912. The average Bonchev–Trinajstić information content (AvgIpc) is 2.36. The molecule has 0 aliphatic heterocycles. The topological polar surface area (TPSA) is 89.3 Å². The number of thiol groups is 2. The normalized spacial score (nSPS) is 12.8. The number of amides is 1. The largest absolute Gasteiger partial charge is 0.345 e. The van der Waals surface area contributed by atoms with Crippen LogP contribution in [0.3, 0.4) is 0 Å². The third kappa shape index (κ3) is 8.54. The number of Topliss-reactive ketones (excluding diaryl/α,β-unsaturated/α-hetero) is 2. The molecule has 2 atom stereocenters. The molecule has 0 aliphatic rings. The van der Waals surface area contributed by atoms with Gasteiger partial charge in [-0.25, -0.2) is 0 Å². The number of carbonyl (C=O) groups is 3. The van der Waals surface area contributed by atoms with Crippen LogP contribution in [0.1, 0.15) is 27.2 Å². The van der Waals surface area contributed by atoms with E-state index in [9.17, 15) is 14.4 Å². The van der Waals surface area contributed by atoms with Crippen molar-refractivity contribution in [2.24, 2.45) is 5.73 Å². The summed E-state index contributed by atoms with van der Waals surface area (Å²) in [6.07, 6.45) is -0.334. The van der Waals surface area contributed by atoms with E-state index < -0.39 is 23.8 Å². The Hall–Kier alpha value is -0.530. The molecule has 5 nitrogen and oxygen atoms in total. The van der Waals surface area contributed by atoms with Gasteiger partial charge in [0.1, 0.15) is 0 Å². The van der Waals surface area contributed by atoms with Crippen LogP contribution in [0.2, 0.25) is 0 Å². The summed E-state index contributed by atoms with van der Waals surface area (Å²) in [4.78, 5) is 33.6. The zero-order chi connectivity index (χ0) is 14.7. The molecule has 7 heteroatoms. The van der Waals surface area contributed by atoms with E-state index in [0.29, 0.717) is 0 Å². The summed E-state index contributed by atoms with van der Waals surface area (Å²) in [6, 6.07) is -1.41. The average molecular weight is 294 g/mol. The molecule has 0 rings (SSSR count). The van der Waals surface area contributed by atoms with Gasteiger partial charge >= 0.3 is 0 Å². The Morgan fingerprint density at radius 2 is 1.67 bits per heavy atom. The monoisotopic (exact) mass is 294 g/mol. The summed E-state index contributed by atoms with van der Waals surface area (Å²) >= 11 is 7.78. The van der Waals surface area contributed by atoms with Gasteiger partial charge in [0.15, 0.2) is 11.6 Å². The molecule has 18 heavy (non-hydrogen) atoms. The smallest absolute Gasteiger partial charge is 0.228 e. The number of nitrogens with two attached hydrogens (primary N) is 1. The molecule has 0 saturated heterocycles. The van der Waals surface area contributed by atoms with E-state index in [0.717, 1.165) is 0 Å². The number of carbonyl (C=O) groups excluding carboxylic acids is 3. The Morgan fingerprint density at radius 3 is 2.00 bits per heavy atom. The van der Waals surface area contributed by atoms with Crippen molar-refractivity contribution in [2.45, 2.75) is 39.3 Å². The second-order valence-corrected chi connectivity index (χ2v) is 4.08. The molecule has 0 fully saturated rings. The zero-order valence-corrected chi connectivity index (χ0v) is 12.8. The molecule has 0 aliphatic carbocycles. The minimum Gasteiger partial charge on any atom is -0.345 e. The number of rotatable bonds is 7. The first kappa shape index (κ1) is 19.8. The van der Waals surface area contributed by atoms with Gasteiger partial charge in [-0.05, 0) is 6.92 Å². The second-order valence-electron chi connectivity index (χ2n) is 3.35. The Balaban J connectivity index is 0. The van der Waals surface area contributed by atoms with E-state index in [1.54, 1.807) is 0 Å². The van der Waals surface area contributed by atoms with Gasteiger partial charge < -0.3 is 11.1 Å². The predicted octanol–water partition coefficient (Wildman–Crippen LogP) is 0.232. The van der Waals surface area contributed by atoms with Crippen LogP contribution >= 0.6 is 25.3 Å². The molecule has 0 unspecified atom stereocenters. The first-order valence-electron chi connectivity index (χ1n) is 5.72. The molecule has 0 heterocycles. The first-order valence-corrected chi connectivity index (χ1v) is 6.98. The van der Waals surface area contributed by atoms with Crippen LogP contribution in [0, 0.1) is 0 Å². The van der Waals surface area contributed by atoms with Crippen LogP contribution < -0.4 is 11.1 Å². The molecule has 3 N–H and O–H groups in total. The maximum atomic E-state index is 11.3. The van der Waals surface area contributed by atoms with Crippen molar-refractivity contribution >= 4 is 42.7 Å². The maximum Gasteiger partial charge on any atom is 0.228 e. The third-order valence-electron chi connectivity index (χ3n) is 1.95. The van der Waals surface area contributed by atoms with Crippen molar-refractivity contribution in [3.05, 3.63) is 0 Å². The molecule has 106 valence electrons. The van der Waals surface area contributed by atoms with E-state index >= 15 is 0 Å². The lowest BCUT2D eigenvalue weighted by atomic mass is 10.1. The van der Waals surface area contributed by atoms with Gasteiger partial charge in [-0.3, -0.25) is 14.4 Å². The van der Waals surface area contributed by atoms with Gasteiger partial charge in [0.25, 0.3) is 0 Å². The summed E-state index contributed by atoms with van der Waals surface area (Å²) in [5, 5.41) is 2.41.